The number of carboxylic acid groups (broad SMARTS) is 2. The first-order chi connectivity index (χ1) is 42.5. The lowest BCUT2D eigenvalue weighted by molar-refractivity contribution is -0.161. The SMILES string of the molecule is Cc1cc2c(ccc(=O)n2Cc2cccc(S(=O)(=O)CC3Cc4ccnc5c(-c6c([C@H](OC(C)(C)C)C(=O)O)c(C)cc7c6ccc(=O)n7Cc6cccc(C(F)(F)F)c6)ccc(c45)O3)c2)c(-c2ccc3c4c(ccnc24)CCO3)c1[C@H](OC(C)(C)C)C(=O)O. The molecule has 0 radical (unpaired) electrons. The maximum Gasteiger partial charge on any atom is 0.416 e. The van der Waals surface area contributed by atoms with Crippen molar-refractivity contribution in [2.75, 3.05) is 12.4 Å². The highest BCUT2D eigenvalue weighted by Crippen LogP contribution is 2.48. The van der Waals surface area contributed by atoms with E-state index in [1.807, 2.05) is 18.2 Å². The van der Waals surface area contributed by atoms with E-state index in [0.29, 0.717) is 113 Å². The van der Waals surface area contributed by atoms with E-state index in [2.05, 4.69) is 0 Å². The van der Waals surface area contributed by atoms with Crippen LogP contribution in [0.2, 0.25) is 0 Å². The molecule has 4 aromatic heterocycles. The van der Waals surface area contributed by atoms with Gasteiger partial charge in [0, 0.05) is 81.2 Å². The largest absolute Gasteiger partial charge is 0.493 e. The van der Waals surface area contributed by atoms with Crippen molar-refractivity contribution in [2.45, 2.75) is 122 Å². The molecule has 1 unspecified atom stereocenters. The molecule has 0 fully saturated rings. The fraction of sp³-hybridized carbons (Fsp3) is 0.286. The highest BCUT2D eigenvalue weighted by molar-refractivity contribution is 7.91. The molecule has 12 rings (SSSR count). The minimum Gasteiger partial charge on any atom is -0.493 e. The average molecular weight is 1240 g/mol. The Hall–Kier alpha value is -9.24. The fourth-order valence-electron chi connectivity index (χ4n) is 12.8. The number of benzene rings is 6. The van der Waals surface area contributed by atoms with Gasteiger partial charge in [-0.05, 0) is 185 Å². The molecule has 2 N–H and O–H groups in total. The second kappa shape index (κ2) is 22.7. The number of hydrogen-bond acceptors (Lipinski definition) is 12. The van der Waals surface area contributed by atoms with Crippen LogP contribution in [0.1, 0.15) is 104 Å². The molecule has 0 bridgehead atoms. The van der Waals surface area contributed by atoms with E-state index in [0.717, 1.165) is 23.1 Å². The number of fused-ring (bicyclic) bond motifs is 2. The number of halogens is 3. The Bertz CT molecular complexity index is 4870. The molecule has 2 aliphatic heterocycles. The number of nitrogens with zero attached hydrogens (tertiary/aromatic N) is 4. The van der Waals surface area contributed by atoms with Crippen molar-refractivity contribution in [2.24, 2.45) is 0 Å². The lowest BCUT2D eigenvalue weighted by atomic mass is 9.86. The molecule has 462 valence electrons. The Balaban J connectivity index is 0.901. The van der Waals surface area contributed by atoms with Crippen LogP contribution in [-0.2, 0) is 61.0 Å². The summed E-state index contributed by atoms with van der Waals surface area (Å²) in [4.78, 5) is 64.4. The predicted molar refractivity (Wildman–Crippen MR) is 335 cm³/mol. The third kappa shape index (κ3) is 11.5. The zero-order valence-electron chi connectivity index (χ0n) is 50.5. The van der Waals surface area contributed by atoms with Crippen LogP contribution in [0.5, 0.6) is 11.5 Å². The predicted octanol–water partition coefficient (Wildman–Crippen LogP) is 13.1. The maximum atomic E-state index is 14.7. The van der Waals surface area contributed by atoms with Gasteiger partial charge in [0.1, 0.15) is 17.6 Å². The number of sulfone groups is 1. The van der Waals surface area contributed by atoms with E-state index < -0.39 is 74.3 Å². The van der Waals surface area contributed by atoms with Crippen LogP contribution in [0.25, 0.3) is 65.9 Å². The molecule has 0 saturated heterocycles. The molecule has 0 saturated carbocycles. The van der Waals surface area contributed by atoms with Crippen molar-refractivity contribution < 1.29 is 60.3 Å². The Morgan fingerprint density at radius 3 is 1.67 bits per heavy atom. The van der Waals surface area contributed by atoms with Gasteiger partial charge in [-0.3, -0.25) is 19.6 Å². The number of alkyl halides is 3. The number of aromatic nitrogens is 4. The van der Waals surface area contributed by atoms with Gasteiger partial charge < -0.3 is 38.3 Å². The van der Waals surface area contributed by atoms with Gasteiger partial charge in [0.05, 0.1) is 69.2 Å². The second-order valence-electron chi connectivity index (χ2n) is 25.0. The number of rotatable bonds is 15. The van der Waals surface area contributed by atoms with E-state index in [4.69, 9.17) is 28.9 Å². The maximum absolute atomic E-state index is 14.7. The van der Waals surface area contributed by atoms with Gasteiger partial charge in [-0.2, -0.15) is 13.2 Å². The average Bonchev–Trinajstić information content (AvgIpc) is 0.742. The Kier molecular flexibility index (Phi) is 15.4. The van der Waals surface area contributed by atoms with Crippen LogP contribution >= 0.6 is 0 Å². The molecule has 0 amide bonds. The molecule has 6 aromatic carbocycles. The van der Waals surface area contributed by atoms with Crippen LogP contribution in [0, 0.1) is 13.8 Å². The summed E-state index contributed by atoms with van der Waals surface area (Å²) in [5.74, 6) is -2.01. The van der Waals surface area contributed by atoms with E-state index in [9.17, 15) is 51.0 Å². The number of hydrogen-bond donors (Lipinski definition) is 2. The lowest BCUT2D eigenvalue weighted by Gasteiger charge is -2.30. The lowest BCUT2D eigenvalue weighted by Crippen LogP contribution is -2.31. The van der Waals surface area contributed by atoms with E-state index >= 15 is 0 Å². The summed E-state index contributed by atoms with van der Waals surface area (Å²) < 4.78 is 99.3. The van der Waals surface area contributed by atoms with Crippen LogP contribution in [-0.4, -0.2) is 79.3 Å². The van der Waals surface area contributed by atoms with Crippen molar-refractivity contribution in [1.82, 2.24) is 19.1 Å². The molecular weight excluding hydrogens is 1180 g/mol. The van der Waals surface area contributed by atoms with E-state index in [-0.39, 0.29) is 41.1 Å². The van der Waals surface area contributed by atoms with Gasteiger partial charge in [-0.1, -0.05) is 24.3 Å². The molecule has 2 aliphatic rings. The smallest absolute Gasteiger partial charge is 0.416 e. The van der Waals surface area contributed by atoms with Crippen LogP contribution in [0.15, 0.2) is 148 Å². The first kappa shape index (κ1) is 61.0. The van der Waals surface area contributed by atoms with Gasteiger partial charge in [0.25, 0.3) is 11.1 Å². The summed E-state index contributed by atoms with van der Waals surface area (Å²) in [6.45, 7) is 14.1. The van der Waals surface area contributed by atoms with E-state index in [1.54, 1.807) is 122 Å². The summed E-state index contributed by atoms with van der Waals surface area (Å²) >= 11 is 0. The summed E-state index contributed by atoms with van der Waals surface area (Å²) in [5.41, 5.74) is 4.01. The zero-order chi connectivity index (χ0) is 64.1. The highest BCUT2D eigenvalue weighted by Gasteiger charge is 2.37. The van der Waals surface area contributed by atoms with Crippen LogP contribution in [0.3, 0.4) is 0 Å². The molecule has 0 spiro atoms. The van der Waals surface area contributed by atoms with Gasteiger partial charge in [0.15, 0.2) is 22.0 Å². The zero-order valence-corrected chi connectivity index (χ0v) is 51.3. The van der Waals surface area contributed by atoms with Crippen molar-refractivity contribution >= 4 is 65.4 Å². The van der Waals surface area contributed by atoms with Gasteiger partial charge in [0.2, 0.25) is 0 Å². The van der Waals surface area contributed by atoms with Gasteiger partial charge in [-0.15, -0.1) is 0 Å². The fourth-order valence-corrected chi connectivity index (χ4v) is 14.2. The summed E-state index contributed by atoms with van der Waals surface area (Å²) in [7, 11) is -4.14. The summed E-state index contributed by atoms with van der Waals surface area (Å²) in [5, 5.41) is 24.0. The van der Waals surface area contributed by atoms with Crippen LogP contribution < -0.4 is 20.6 Å². The molecular formula is C70H63F3N4O12S. The molecule has 20 heteroatoms. The van der Waals surface area contributed by atoms with Gasteiger partial charge in [-0.25, -0.2) is 18.0 Å². The van der Waals surface area contributed by atoms with Crippen molar-refractivity contribution in [3.63, 3.8) is 0 Å². The minimum atomic E-state index is -4.64. The second-order valence-corrected chi connectivity index (χ2v) is 27.1. The first-order valence-corrected chi connectivity index (χ1v) is 30.9. The summed E-state index contributed by atoms with van der Waals surface area (Å²) in [6.07, 6.45) is -4.49. The monoisotopic (exact) mass is 1240 g/mol. The van der Waals surface area contributed by atoms with E-state index in [1.165, 1.54) is 45.5 Å². The number of aryl methyl sites for hydroxylation is 2. The number of carboxylic acids is 2. The Labute approximate surface area is 515 Å². The van der Waals surface area contributed by atoms with Crippen LogP contribution in [0.4, 0.5) is 13.2 Å². The quantitative estimate of drug-likeness (QED) is 0.0977. The third-order valence-electron chi connectivity index (χ3n) is 16.4. The van der Waals surface area contributed by atoms with Crippen molar-refractivity contribution in [3.8, 4) is 33.8 Å². The first-order valence-electron chi connectivity index (χ1n) is 29.3. The topological polar surface area (TPSA) is 215 Å². The van der Waals surface area contributed by atoms with Crippen molar-refractivity contribution in [3.05, 3.63) is 204 Å². The molecule has 90 heavy (non-hydrogen) atoms. The molecule has 10 aromatic rings. The summed E-state index contributed by atoms with van der Waals surface area (Å²) in [6, 6.07) is 31.1. The third-order valence-corrected chi connectivity index (χ3v) is 18.2. The molecule has 6 heterocycles. The number of pyridine rings is 4. The minimum absolute atomic E-state index is 0.0198. The van der Waals surface area contributed by atoms with Gasteiger partial charge >= 0.3 is 18.1 Å². The number of aliphatic carboxylic acids is 2. The number of carbonyl (C=O) groups is 2. The molecule has 16 nitrogen and oxygen atoms in total. The Morgan fingerprint density at radius 2 is 1.14 bits per heavy atom. The Morgan fingerprint density at radius 1 is 0.644 bits per heavy atom. The molecule has 0 aliphatic carbocycles. The highest BCUT2D eigenvalue weighted by atomic mass is 32.2. The normalized spacial score (nSPS) is 15.0. The molecule has 3 atom stereocenters. The number of ether oxygens (including phenoxy) is 4. The van der Waals surface area contributed by atoms with Crippen molar-refractivity contribution in [1.29, 1.82) is 0 Å². The standard InChI is InChI=1S/C70H63F3N4O12S/c1-37-29-50-46(17-21-54(78)76(50)34-39-11-9-13-43(31-39)70(71,72)73)61(57(37)65(67(82)83)89-69(6,7)8)49-16-20-53-59-42(24-27-75-63(49)59)33-44(87-53)36-90(84,85)45-14-10-12-40(32-45)35-77-51-30-38(2)56(64(66(80)81)88-68(3,4)5)60(47(51)18-22-55(77)79)48-15-19-52-58-41(25-28-86-52)23-26-74-62(48)58/h9-24,26-27,29-32,44,64-65H,25,28,33-36H2,1-8H3,(H,80,81)(H,82,83)/t44?,64-,65-/m0/s1.